The molecule has 0 aliphatic carbocycles. The lowest BCUT2D eigenvalue weighted by Crippen LogP contribution is -2.40. The highest BCUT2D eigenvalue weighted by Crippen LogP contribution is 2.21. The van der Waals surface area contributed by atoms with E-state index in [9.17, 15) is 4.79 Å². The Morgan fingerprint density at radius 2 is 2.17 bits per heavy atom. The summed E-state index contributed by atoms with van der Waals surface area (Å²) in [6, 6.07) is 5.39. The molecule has 1 aliphatic heterocycles. The first-order valence-corrected chi connectivity index (χ1v) is 8.44. The molecule has 1 unspecified atom stereocenters. The number of amides is 1. The molecule has 0 aromatic heterocycles. The topological polar surface area (TPSA) is 50.8 Å². The van der Waals surface area contributed by atoms with E-state index in [4.69, 9.17) is 21.1 Å². The van der Waals surface area contributed by atoms with Crippen molar-refractivity contribution in [3.63, 3.8) is 0 Å². The molecule has 1 atom stereocenters. The Morgan fingerprint density at radius 3 is 2.87 bits per heavy atom. The molecule has 1 aromatic carbocycles. The number of carbonyl (C=O) groups excluding carboxylic acids is 1. The highest BCUT2D eigenvalue weighted by atomic mass is 35.5. The maximum atomic E-state index is 12.1. The van der Waals surface area contributed by atoms with Crippen molar-refractivity contribution in [1.82, 2.24) is 10.2 Å². The minimum absolute atomic E-state index is 0.0976. The van der Waals surface area contributed by atoms with Gasteiger partial charge in [0.25, 0.3) is 5.91 Å². The molecule has 0 spiro atoms. The van der Waals surface area contributed by atoms with Gasteiger partial charge in [-0.15, -0.1) is 0 Å². The minimum atomic E-state index is -0.529. The van der Waals surface area contributed by atoms with Crippen molar-refractivity contribution in [2.45, 2.75) is 26.4 Å². The summed E-state index contributed by atoms with van der Waals surface area (Å²) < 4.78 is 11.0. The summed E-state index contributed by atoms with van der Waals surface area (Å²) >= 11 is 5.98. The molecule has 1 fully saturated rings. The van der Waals surface area contributed by atoms with Gasteiger partial charge in [-0.2, -0.15) is 0 Å². The Balaban J connectivity index is 1.66. The Kier molecular flexibility index (Phi) is 7.15. The van der Waals surface area contributed by atoms with E-state index in [1.54, 1.807) is 19.1 Å². The van der Waals surface area contributed by atoms with Gasteiger partial charge in [-0.25, -0.2) is 0 Å². The predicted molar refractivity (Wildman–Crippen MR) is 91.2 cm³/mol. The molecule has 0 bridgehead atoms. The number of ether oxygens (including phenoxy) is 2. The molecule has 5 nitrogen and oxygen atoms in total. The summed E-state index contributed by atoms with van der Waals surface area (Å²) in [5, 5.41) is 3.61. The molecule has 6 heteroatoms. The molecular formula is C17H25ClN2O3. The zero-order valence-corrected chi connectivity index (χ0v) is 14.6. The number of halogens is 1. The summed E-state index contributed by atoms with van der Waals surface area (Å²) in [4.78, 5) is 14.4. The SMILES string of the molecule is Cc1cc(OC(C)C(=O)NCCCN2CCOCC2)ccc1Cl. The number of carbonyl (C=O) groups is 1. The van der Waals surface area contributed by atoms with Gasteiger partial charge in [0.1, 0.15) is 5.75 Å². The molecule has 2 rings (SSSR count). The van der Waals surface area contributed by atoms with Crippen molar-refractivity contribution in [3.05, 3.63) is 28.8 Å². The molecule has 1 aliphatic rings. The fraction of sp³-hybridized carbons (Fsp3) is 0.588. The van der Waals surface area contributed by atoms with E-state index in [0.29, 0.717) is 17.3 Å². The Labute approximate surface area is 142 Å². The maximum Gasteiger partial charge on any atom is 0.260 e. The Bertz CT molecular complexity index is 519. The van der Waals surface area contributed by atoms with E-state index in [-0.39, 0.29) is 5.91 Å². The lowest BCUT2D eigenvalue weighted by molar-refractivity contribution is -0.127. The molecule has 1 N–H and O–H groups in total. The lowest BCUT2D eigenvalue weighted by Gasteiger charge is -2.26. The third-order valence-corrected chi connectivity index (χ3v) is 4.29. The first-order valence-electron chi connectivity index (χ1n) is 8.07. The maximum absolute atomic E-state index is 12.1. The molecule has 0 radical (unpaired) electrons. The largest absolute Gasteiger partial charge is 0.481 e. The summed E-state index contributed by atoms with van der Waals surface area (Å²) in [6.07, 6.45) is 0.400. The van der Waals surface area contributed by atoms with Crippen LogP contribution in [0.25, 0.3) is 0 Å². The lowest BCUT2D eigenvalue weighted by atomic mass is 10.2. The van der Waals surface area contributed by atoms with Crippen molar-refractivity contribution in [2.75, 3.05) is 39.4 Å². The smallest absolute Gasteiger partial charge is 0.260 e. The van der Waals surface area contributed by atoms with Crippen molar-refractivity contribution < 1.29 is 14.3 Å². The molecule has 1 aromatic rings. The minimum Gasteiger partial charge on any atom is -0.481 e. The van der Waals surface area contributed by atoms with Gasteiger partial charge in [-0.05, 0) is 50.6 Å². The van der Waals surface area contributed by atoms with Gasteiger partial charge in [0.15, 0.2) is 6.10 Å². The van der Waals surface area contributed by atoms with Crippen LogP contribution in [0, 0.1) is 6.92 Å². The van der Waals surface area contributed by atoms with Crippen LogP contribution >= 0.6 is 11.6 Å². The van der Waals surface area contributed by atoms with E-state index < -0.39 is 6.10 Å². The summed E-state index contributed by atoms with van der Waals surface area (Å²) in [6.45, 7) is 8.86. The monoisotopic (exact) mass is 340 g/mol. The number of nitrogens with zero attached hydrogens (tertiary/aromatic N) is 1. The fourth-order valence-electron chi connectivity index (χ4n) is 2.43. The quantitative estimate of drug-likeness (QED) is 0.773. The number of nitrogens with one attached hydrogen (secondary N) is 1. The number of rotatable bonds is 7. The second-order valence-corrected chi connectivity index (χ2v) is 6.18. The zero-order chi connectivity index (χ0) is 16.7. The van der Waals surface area contributed by atoms with Gasteiger partial charge in [0.2, 0.25) is 0 Å². The standard InChI is InChI=1S/C17H25ClN2O3/c1-13-12-15(4-5-16(13)18)23-14(2)17(21)19-6-3-7-20-8-10-22-11-9-20/h4-5,12,14H,3,6-11H2,1-2H3,(H,19,21). The number of aryl methyl sites for hydroxylation is 1. The first-order chi connectivity index (χ1) is 11.1. The molecule has 128 valence electrons. The molecule has 23 heavy (non-hydrogen) atoms. The third kappa shape index (κ3) is 6.01. The number of morpholine rings is 1. The van der Waals surface area contributed by atoms with Crippen LogP contribution in [-0.2, 0) is 9.53 Å². The van der Waals surface area contributed by atoms with Crippen LogP contribution in [-0.4, -0.2) is 56.3 Å². The highest BCUT2D eigenvalue weighted by molar-refractivity contribution is 6.31. The second-order valence-electron chi connectivity index (χ2n) is 5.77. The van der Waals surface area contributed by atoms with Crippen LogP contribution in [0.15, 0.2) is 18.2 Å². The van der Waals surface area contributed by atoms with Crippen LogP contribution in [0.1, 0.15) is 18.9 Å². The van der Waals surface area contributed by atoms with Gasteiger partial charge in [-0.3, -0.25) is 9.69 Å². The molecular weight excluding hydrogens is 316 g/mol. The van der Waals surface area contributed by atoms with Crippen LogP contribution in [0.4, 0.5) is 0 Å². The van der Waals surface area contributed by atoms with Crippen LogP contribution in [0.2, 0.25) is 5.02 Å². The van der Waals surface area contributed by atoms with Gasteiger partial charge >= 0.3 is 0 Å². The zero-order valence-electron chi connectivity index (χ0n) is 13.8. The van der Waals surface area contributed by atoms with Crippen molar-refractivity contribution in [2.24, 2.45) is 0 Å². The number of benzene rings is 1. The normalized spacial score (nSPS) is 16.8. The van der Waals surface area contributed by atoms with E-state index in [0.717, 1.165) is 44.8 Å². The molecule has 1 saturated heterocycles. The summed E-state index contributed by atoms with van der Waals surface area (Å²) in [5.74, 6) is 0.558. The van der Waals surface area contributed by atoms with E-state index in [2.05, 4.69) is 10.2 Å². The summed E-state index contributed by atoms with van der Waals surface area (Å²) in [5.41, 5.74) is 0.933. The van der Waals surface area contributed by atoms with Crippen LogP contribution in [0.3, 0.4) is 0 Å². The average molecular weight is 341 g/mol. The third-order valence-electron chi connectivity index (χ3n) is 3.87. The van der Waals surface area contributed by atoms with Crippen LogP contribution in [0.5, 0.6) is 5.75 Å². The summed E-state index contributed by atoms with van der Waals surface area (Å²) in [7, 11) is 0. The predicted octanol–water partition coefficient (Wildman–Crippen LogP) is 2.25. The van der Waals surface area contributed by atoms with Gasteiger partial charge in [0.05, 0.1) is 13.2 Å². The van der Waals surface area contributed by atoms with Crippen LogP contribution < -0.4 is 10.1 Å². The molecule has 0 saturated carbocycles. The first kappa shape index (κ1) is 18.0. The van der Waals surface area contributed by atoms with Gasteiger partial charge in [0, 0.05) is 24.7 Å². The molecule has 1 heterocycles. The second kappa shape index (κ2) is 9.11. The van der Waals surface area contributed by atoms with E-state index >= 15 is 0 Å². The van der Waals surface area contributed by atoms with E-state index in [1.807, 2.05) is 13.0 Å². The Hall–Kier alpha value is -1.30. The Morgan fingerprint density at radius 1 is 1.43 bits per heavy atom. The number of hydrogen-bond acceptors (Lipinski definition) is 4. The number of hydrogen-bond donors (Lipinski definition) is 1. The van der Waals surface area contributed by atoms with E-state index in [1.165, 1.54) is 0 Å². The fourth-order valence-corrected chi connectivity index (χ4v) is 2.55. The van der Waals surface area contributed by atoms with Gasteiger partial charge < -0.3 is 14.8 Å². The molecule has 1 amide bonds. The average Bonchev–Trinajstić information content (AvgIpc) is 2.55. The van der Waals surface area contributed by atoms with Gasteiger partial charge in [-0.1, -0.05) is 11.6 Å². The highest BCUT2D eigenvalue weighted by Gasteiger charge is 2.15. The van der Waals surface area contributed by atoms with Crippen molar-refractivity contribution in [1.29, 1.82) is 0 Å². The van der Waals surface area contributed by atoms with Crippen molar-refractivity contribution in [3.8, 4) is 5.75 Å². The van der Waals surface area contributed by atoms with Crippen molar-refractivity contribution >= 4 is 17.5 Å².